The molecule has 6 nitrogen and oxygen atoms in total. The van der Waals surface area contributed by atoms with Gasteiger partial charge in [-0.05, 0) is 18.2 Å². The van der Waals surface area contributed by atoms with Crippen LogP contribution in [0, 0.1) is 0 Å². The summed E-state index contributed by atoms with van der Waals surface area (Å²) in [7, 11) is 1.70. The molecule has 0 radical (unpaired) electrons. The zero-order valence-electron chi connectivity index (χ0n) is 12.9. The van der Waals surface area contributed by atoms with Crippen molar-refractivity contribution in [2.24, 2.45) is 7.05 Å². The number of carbonyl (C=O) groups is 2. The largest absolute Gasteiger partial charge is 0.416 e. The monoisotopic (exact) mass is 370 g/mol. The van der Waals surface area contributed by atoms with Gasteiger partial charge in [0.25, 0.3) is 0 Å². The fraction of sp³-hybridized carbons (Fsp3) is 0.267. The van der Waals surface area contributed by atoms with Gasteiger partial charge in [-0.25, -0.2) is 0 Å². The van der Waals surface area contributed by atoms with E-state index >= 15 is 0 Å². The molecule has 1 aromatic carbocycles. The second-order valence-corrected chi connectivity index (χ2v) is 6.68. The van der Waals surface area contributed by atoms with Crippen LogP contribution in [0.4, 0.5) is 24.7 Å². The number of nitrogens with zero attached hydrogens (tertiary/aromatic N) is 2. The highest BCUT2D eigenvalue weighted by Gasteiger charge is 2.34. The predicted octanol–water partition coefficient (Wildman–Crippen LogP) is 2.88. The Bertz CT molecular complexity index is 834. The van der Waals surface area contributed by atoms with Crippen LogP contribution in [-0.2, 0) is 22.8 Å². The van der Waals surface area contributed by atoms with Crippen LogP contribution in [0.5, 0.6) is 0 Å². The molecule has 0 saturated heterocycles. The number of benzene rings is 1. The SMILES string of the molecule is Cn1ccc(NC(=O)CC2Sc3ccc(C(F)(F)F)cc3NC2=O)n1. The maximum absolute atomic E-state index is 12.7. The Morgan fingerprint density at radius 1 is 1.40 bits per heavy atom. The van der Waals surface area contributed by atoms with E-state index in [1.807, 2.05) is 0 Å². The summed E-state index contributed by atoms with van der Waals surface area (Å²) >= 11 is 1.06. The van der Waals surface area contributed by atoms with Crippen molar-refractivity contribution in [1.29, 1.82) is 0 Å². The van der Waals surface area contributed by atoms with E-state index in [1.54, 1.807) is 19.3 Å². The maximum atomic E-state index is 12.7. The average Bonchev–Trinajstić information content (AvgIpc) is 2.91. The molecule has 3 rings (SSSR count). The number of aromatic nitrogens is 2. The summed E-state index contributed by atoms with van der Waals surface area (Å²) in [6.45, 7) is 0. The van der Waals surface area contributed by atoms with Crippen molar-refractivity contribution in [2.75, 3.05) is 10.6 Å². The number of fused-ring (bicyclic) bond motifs is 1. The van der Waals surface area contributed by atoms with Crippen LogP contribution in [0.15, 0.2) is 35.4 Å². The van der Waals surface area contributed by atoms with Gasteiger partial charge in [-0.15, -0.1) is 11.8 Å². The molecule has 1 atom stereocenters. The number of hydrogen-bond donors (Lipinski definition) is 2. The van der Waals surface area contributed by atoms with Crippen LogP contribution in [0.2, 0.25) is 0 Å². The second-order valence-electron chi connectivity index (χ2n) is 5.43. The number of carbonyl (C=O) groups excluding carboxylic acids is 2. The minimum absolute atomic E-state index is 0.103. The van der Waals surface area contributed by atoms with Gasteiger partial charge in [-0.1, -0.05) is 0 Å². The number of amides is 2. The quantitative estimate of drug-likeness (QED) is 0.871. The Morgan fingerprint density at radius 3 is 2.80 bits per heavy atom. The van der Waals surface area contributed by atoms with Crippen molar-refractivity contribution in [3.63, 3.8) is 0 Å². The molecule has 1 aliphatic heterocycles. The summed E-state index contributed by atoms with van der Waals surface area (Å²) in [5.41, 5.74) is -0.732. The Kier molecular flexibility index (Phi) is 4.46. The van der Waals surface area contributed by atoms with Gasteiger partial charge < -0.3 is 10.6 Å². The van der Waals surface area contributed by atoms with Crippen molar-refractivity contribution >= 4 is 35.1 Å². The highest BCUT2D eigenvalue weighted by molar-refractivity contribution is 8.01. The smallest absolute Gasteiger partial charge is 0.324 e. The third-order valence-corrected chi connectivity index (χ3v) is 4.75. The van der Waals surface area contributed by atoms with E-state index in [1.165, 1.54) is 10.7 Å². The molecule has 1 aliphatic rings. The lowest BCUT2D eigenvalue weighted by Gasteiger charge is -2.24. The number of anilines is 2. The number of aryl methyl sites for hydroxylation is 1. The lowest BCUT2D eigenvalue weighted by Crippen LogP contribution is -2.32. The van der Waals surface area contributed by atoms with Gasteiger partial charge in [0.05, 0.1) is 16.5 Å². The summed E-state index contributed by atoms with van der Waals surface area (Å²) in [4.78, 5) is 24.6. The zero-order chi connectivity index (χ0) is 18.2. The molecule has 1 unspecified atom stereocenters. The summed E-state index contributed by atoms with van der Waals surface area (Å²) < 4.78 is 39.7. The third kappa shape index (κ3) is 3.95. The van der Waals surface area contributed by atoms with Crippen LogP contribution >= 0.6 is 11.8 Å². The molecule has 10 heteroatoms. The molecular formula is C15H13F3N4O2S. The Labute approximate surface area is 144 Å². The topological polar surface area (TPSA) is 76.0 Å². The average molecular weight is 370 g/mol. The Hall–Kier alpha value is -2.49. The normalized spacial score (nSPS) is 17.0. The van der Waals surface area contributed by atoms with Crippen molar-refractivity contribution in [1.82, 2.24) is 9.78 Å². The van der Waals surface area contributed by atoms with Gasteiger partial charge in [0.1, 0.15) is 0 Å². The van der Waals surface area contributed by atoms with E-state index in [0.717, 1.165) is 23.9 Å². The van der Waals surface area contributed by atoms with Crippen molar-refractivity contribution < 1.29 is 22.8 Å². The van der Waals surface area contributed by atoms with Crippen LogP contribution < -0.4 is 10.6 Å². The van der Waals surface area contributed by atoms with Crippen LogP contribution in [-0.4, -0.2) is 26.8 Å². The first-order valence-corrected chi connectivity index (χ1v) is 8.08. The van der Waals surface area contributed by atoms with E-state index in [0.29, 0.717) is 10.7 Å². The lowest BCUT2D eigenvalue weighted by molar-refractivity contribution is -0.137. The van der Waals surface area contributed by atoms with Crippen LogP contribution in [0.25, 0.3) is 0 Å². The summed E-state index contributed by atoms with van der Waals surface area (Å²) in [5, 5.41) is 8.28. The molecule has 2 amide bonds. The fourth-order valence-electron chi connectivity index (χ4n) is 2.31. The van der Waals surface area contributed by atoms with Crippen LogP contribution in [0.1, 0.15) is 12.0 Å². The van der Waals surface area contributed by atoms with Crippen molar-refractivity contribution in [3.05, 3.63) is 36.0 Å². The third-order valence-electron chi connectivity index (χ3n) is 3.48. The predicted molar refractivity (Wildman–Crippen MR) is 86.2 cm³/mol. The van der Waals surface area contributed by atoms with Crippen LogP contribution in [0.3, 0.4) is 0 Å². The molecule has 132 valence electrons. The summed E-state index contributed by atoms with van der Waals surface area (Å²) in [6, 6.07) is 4.75. The Balaban J connectivity index is 1.69. The lowest BCUT2D eigenvalue weighted by atomic mass is 10.1. The summed E-state index contributed by atoms with van der Waals surface area (Å²) in [5.74, 6) is -0.543. The first kappa shape index (κ1) is 17.3. The maximum Gasteiger partial charge on any atom is 0.416 e. The molecule has 2 N–H and O–H groups in total. The van der Waals surface area contributed by atoms with Gasteiger partial charge >= 0.3 is 6.18 Å². The fourth-order valence-corrected chi connectivity index (χ4v) is 3.40. The number of halogens is 3. The van der Waals surface area contributed by atoms with Gasteiger partial charge in [-0.3, -0.25) is 14.3 Å². The van der Waals surface area contributed by atoms with Gasteiger partial charge in [0.2, 0.25) is 11.8 Å². The molecule has 25 heavy (non-hydrogen) atoms. The molecule has 0 spiro atoms. The summed E-state index contributed by atoms with van der Waals surface area (Å²) in [6.07, 6.45) is -2.94. The van der Waals surface area contributed by atoms with E-state index in [4.69, 9.17) is 0 Å². The first-order valence-electron chi connectivity index (χ1n) is 7.20. The Morgan fingerprint density at radius 2 is 2.16 bits per heavy atom. The number of thioether (sulfide) groups is 1. The second kappa shape index (κ2) is 6.43. The van der Waals surface area contributed by atoms with E-state index in [2.05, 4.69) is 15.7 Å². The number of hydrogen-bond acceptors (Lipinski definition) is 4. The molecule has 0 saturated carbocycles. The standard InChI is InChI=1S/C15H13F3N4O2S/c1-22-5-4-12(21-22)20-13(23)7-11-14(24)19-9-6-8(15(16,17)18)2-3-10(9)25-11/h2-6,11H,7H2,1H3,(H,19,24)(H,20,21,23). The molecule has 0 aliphatic carbocycles. The minimum atomic E-state index is -4.48. The molecule has 0 bridgehead atoms. The molecule has 2 heterocycles. The van der Waals surface area contributed by atoms with Gasteiger partial charge in [0, 0.05) is 30.6 Å². The van der Waals surface area contributed by atoms with Gasteiger partial charge in [0.15, 0.2) is 5.82 Å². The molecule has 1 aromatic heterocycles. The first-order chi connectivity index (χ1) is 11.7. The van der Waals surface area contributed by atoms with E-state index in [-0.39, 0.29) is 12.1 Å². The van der Waals surface area contributed by atoms with E-state index < -0.39 is 28.8 Å². The van der Waals surface area contributed by atoms with Gasteiger partial charge in [-0.2, -0.15) is 18.3 Å². The highest BCUT2D eigenvalue weighted by atomic mass is 32.2. The van der Waals surface area contributed by atoms with Crippen molar-refractivity contribution in [2.45, 2.75) is 22.7 Å². The molecule has 2 aromatic rings. The number of rotatable bonds is 3. The zero-order valence-corrected chi connectivity index (χ0v) is 13.7. The molecular weight excluding hydrogens is 357 g/mol. The minimum Gasteiger partial charge on any atom is -0.324 e. The highest BCUT2D eigenvalue weighted by Crippen LogP contribution is 2.40. The number of nitrogens with one attached hydrogen (secondary N) is 2. The molecule has 0 fully saturated rings. The number of alkyl halides is 3. The van der Waals surface area contributed by atoms with E-state index in [9.17, 15) is 22.8 Å². The van der Waals surface area contributed by atoms with Crippen molar-refractivity contribution in [3.8, 4) is 0 Å².